The van der Waals surface area contributed by atoms with Crippen molar-refractivity contribution in [3.8, 4) is 0 Å². The van der Waals surface area contributed by atoms with Crippen molar-refractivity contribution in [2.24, 2.45) is 0 Å². The van der Waals surface area contributed by atoms with Crippen LogP contribution in [0.25, 0.3) is 0 Å². The average Bonchev–Trinajstić information content (AvgIpc) is 2.76. The molecule has 1 aromatic rings. The minimum absolute atomic E-state index is 0.430. The van der Waals surface area contributed by atoms with Gasteiger partial charge in [-0.15, -0.1) is 0 Å². The summed E-state index contributed by atoms with van der Waals surface area (Å²) < 4.78 is 5.32. The van der Waals surface area contributed by atoms with Gasteiger partial charge in [-0.1, -0.05) is 0 Å². The Labute approximate surface area is 90.1 Å². The van der Waals surface area contributed by atoms with E-state index in [1.165, 1.54) is 6.42 Å². The molecule has 0 bridgehead atoms. The van der Waals surface area contributed by atoms with Crippen molar-refractivity contribution in [3.05, 3.63) is 24.3 Å². The van der Waals surface area contributed by atoms with E-state index in [1.54, 1.807) is 19.5 Å². The van der Waals surface area contributed by atoms with Crippen molar-refractivity contribution in [1.82, 2.24) is 15.3 Å². The van der Waals surface area contributed by atoms with Gasteiger partial charge in [0.2, 0.25) is 0 Å². The van der Waals surface area contributed by atoms with Gasteiger partial charge >= 0.3 is 0 Å². The van der Waals surface area contributed by atoms with Gasteiger partial charge in [-0.25, -0.2) is 9.97 Å². The molecule has 1 saturated carbocycles. The Kier molecular flexibility index (Phi) is 3.64. The molecule has 0 radical (unpaired) electrons. The van der Waals surface area contributed by atoms with Crippen LogP contribution in [0, 0.1) is 0 Å². The van der Waals surface area contributed by atoms with Crippen LogP contribution in [-0.4, -0.2) is 29.2 Å². The smallest absolute Gasteiger partial charge is 0.141 e. The average molecular weight is 207 g/mol. The summed E-state index contributed by atoms with van der Waals surface area (Å²) in [6, 6.07) is 2.39. The monoisotopic (exact) mass is 207 g/mol. The van der Waals surface area contributed by atoms with Gasteiger partial charge in [0, 0.05) is 25.5 Å². The molecule has 2 atom stereocenters. The highest BCUT2D eigenvalue weighted by Gasteiger charge is 2.23. The summed E-state index contributed by atoms with van der Waals surface area (Å²) in [6.45, 7) is 0.752. The maximum atomic E-state index is 5.32. The van der Waals surface area contributed by atoms with Crippen LogP contribution in [0.4, 0.5) is 0 Å². The van der Waals surface area contributed by atoms with Gasteiger partial charge < -0.3 is 10.1 Å². The minimum atomic E-state index is 0.430. The van der Waals surface area contributed by atoms with E-state index in [2.05, 4.69) is 15.3 Å². The summed E-state index contributed by atoms with van der Waals surface area (Å²) in [5.41, 5.74) is 0. The van der Waals surface area contributed by atoms with Gasteiger partial charge in [-0.3, -0.25) is 0 Å². The Balaban J connectivity index is 1.75. The number of nitrogens with one attached hydrogen (secondary N) is 1. The van der Waals surface area contributed by atoms with Crippen LogP contribution in [0.5, 0.6) is 0 Å². The zero-order chi connectivity index (χ0) is 10.5. The van der Waals surface area contributed by atoms with Crippen molar-refractivity contribution in [2.75, 3.05) is 7.11 Å². The molecular formula is C11H17N3O. The topological polar surface area (TPSA) is 47.0 Å². The van der Waals surface area contributed by atoms with Crippen LogP contribution in [0.15, 0.2) is 18.5 Å². The van der Waals surface area contributed by atoms with Crippen LogP contribution in [0.2, 0.25) is 0 Å². The first-order valence-corrected chi connectivity index (χ1v) is 5.40. The lowest BCUT2D eigenvalue weighted by atomic mass is 10.2. The molecule has 1 aromatic heterocycles. The SMILES string of the molecule is COC1CCC(NCc2ncccn2)C1. The number of hydrogen-bond donors (Lipinski definition) is 1. The first-order valence-electron chi connectivity index (χ1n) is 5.40. The van der Waals surface area contributed by atoms with E-state index in [0.717, 1.165) is 25.2 Å². The number of ether oxygens (including phenoxy) is 1. The van der Waals surface area contributed by atoms with E-state index < -0.39 is 0 Å². The molecule has 0 spiro atoms. The Hall–Kier alpha value is -1.00. The standard InChI is InChI=1S/C11H17N3O/c1-15-10-4-3-9(7-10)14-8-11-12-5-2-6-13-11/h2,5-6,9-10,14H,3-4,7-8H2,1H3. The lowest BCUT2D eigenvalue weighted by Crippen LogP contribution is -2.27. The van der Waals surface area contributed by atoms with Crippen LogP contribution in [-0.2, 0) is 11.3 Å². The molecule has 0 amide bonds. The summed E-state index contributed by atoms with van der Waals surface area (Å²) in [7, 11) is 1.79. The molecule has 1 heterocycles. The number of methoxy groups -OCH3 is 1. The molecule has 1 aliphatic rings. The molecule has 1 N–H and O–H groups in total. The lowest BCUT2D eigenvalue weighted by molar-refractivity contribution is 0.107. The zero-order valence-corrected chi connectivity index (χ0v) is 9.02. The second kappa shape index (κ2) is 5.19. The zero-order valence-electron chi connectivity index (χ0n) is 9.02. The third kappa shape index (κ3) is 2.97. The molecule has 0 aliphatic heterocycles. The Morgan fingerprint density at radius 2 is 2.20 bits per heavy atom. The Morgan fingerprint density at radius 1 is 1.40 bits per heavy atom. The Bertz CT molecular complexity index is 291. The van der Waals surface area contributed by atoms with Gasteiger partial charge in [-0.2, -0.15) is 0 Å². The number of nitrogens with zero attached hydrogens (tertiary/aromatic N) is 2. The van der Waals surface area contributed by atoms with Crippen LogP contribution >= 0.6 is 0 Å². The van der Waals surface area contributed by atoms with Gasteiger partial charge in [0.05, 0.1) is 12.6 Å². The second-order valence-corrected chi connectivity index (χ2v) is 3.91. The number of hydrogen-bond acceptors (Lipinski definition) is 4. The number of rotatable bonds is 4. The van der Waals surface area contributed by atoms with Crippen molar-refractivity contribution in [1.29, 1.82) is 0 Å². The molecule has 0 aromatic carbocycles. The summed E-state index contributed by atoms with van der Waals surface area (Å²) in [4.78, 5) is 8.35. The quantitative estimate of drug-likeness (QED) is 0.804. The summed E-state index contributed by atoms with van der Waals surface area (Å²) in [5, 5.41) is 3.46. The molecule has 82 valence electrons. The third-order valence-electron chi connectivity index (χ3n) is 2.89. The van der Waals surface area contributed by atoms with E-state index in [0.29, 0.717) is 12.1 Å². The van der Waals surface area contributed by atoms with E-state index >= 15 is 0 Å². The van der Waals surface area contributed by atoms with Crippen molar-refractivity contribution < 1.29 is 4.74 Å². The maximum Gasteiger partial charge on any atom is 0.141 e. The molecule has 15 heavy (non-hydrogen) atoms. The third-order valence-corrected chi connectivity index (χ3v) is 2.89. The molecule has 1 fully saturated rings. The van der Waals surface area contributed by atoms with Gasteiger partial charge in [0.1, 0.15) is 5.82 Å². The fraction of sp³-hybridized carbons (Fsp3) is 0.636. The fourth-order valence-electron chi connectivity index (χ4n) is 2.00. The van der Waals surface area contributed by atoms with Crippen LogP contribution in [0.3, 0.4) is 0 Å². The fourth-order valence-corrected chi connectivity index (χ4v) is 2.00. The minimum Gasteiger partial charge on any atom is -0.381 e. The van der Waals surface area contributed by atoms with E-state index in [-0.39, 0.29) is 0 Å². The summed E-state index contributed by atoms with van der Waals surface area (Å²) >= 11 is 0. The van der Waals surface area contributed by atoms with Gasteiger partial charge in [0.15, 0.2) is 0 Å². The highest BCUT2D eigenvalue weighted by Crippen LogP contribution is 2.21. The molecular weight excluding hydrogens is 190 g/mol. The maximum absolute atomic E-state index is 5.32. The van der Waals surface area contributed by atoms with Gasteiger partial charge in [0.25, 0.3) is 0 Å². The van der Waals surface area contributed by atoms with Crippen LogP contribution in [0.1, 0.15) is 25.1 Å². The predicted octanol–water partition coefficient (Wildman–Crippen LogP) is 1.13. The summed E-state index contributed by atoms with van der Waals surface area (Å²) in [6.07, 6.45) is 7.42. The van der Waals surface area contributed by atoms with Crippen molar-refractivity contribution in [3.63, 3.8) is 0 Å². The normalized spacial score (nSPS) is 25.7. The van der Waals surface area contributed by atoms with E-state index in [4.69, 9.17) is 4.74 Å². The van der Waals surface area contributed by atoms with E-state index in [1.807, 2.05) is 6.07 Å². The molecule has 0 saturated heterocycles. The highest BCUT2D eigenvalue weighted by molar-refractivity contribution is 4.89. The molecule has 4 heteroatoms. The predicted molar refractivity (Wildman–Crippen MR) is 57.3 cm³/mol. The lowest BCUT2D eigenvalue weighted by Gasteiger charge is -2.11. The summed E-state index contributed by atoms with van der Waals surface area (Å²) in [5.74, 6) is 0.860. The number of aromatic nitrogens is 2. The molecule has 2 rings (SSSR count). The van der Waals surface area contributed by atoms with Gasteiger partial charge in [-0.05, 0) is 25.3 Å². The van der Waals surface area contributed by atoms with E-state index in [9.17, 15) is 0 Å². The first-order chi connectivity index (χ1) is 7.38. The molecule has 1 aliphatic carbocycles. The first kappa shape index (κ1) is 10.5. The van der Waals surface area contributed by atoms with Crippen molar-refractivity contribution in [2.45, 2.75) is 38.0 Å². The second-order valence-electron chi connectivity index (χ2n) is 3.91. The van der Waals surface area contributed by atoms with Crippen molar-refractivity contribution >= 4 is 0 Å². The molecule has 2 unspecified atom stereocenters. The van der Waals surface area contributed by atoms with Crippen LogP contribution < -0.4 is 5.32 Å². The Morgan fingerprint density at radius 3 is 2.87 bits per heavy atom. The highest BCUT2D eigenvalue weighted by atomic mass is 16.5. The molecule has 4 nitrogen and oxygen atoms in total. The largest absolute Gasteiger partial charge is 0.381 e.